The summed E-state index contributed by atoms with van der Waals surface area (Å²) in [7, 11) is 4.45. The molecule has 0 aromatic heterocycles. The van der Waals surface area contributed by atoms with Crippen LogP contribution in [0.4, 0.5) is 0 Å². The Hall–Kier alpha value is -3.04. The van der Waals surface area contributed by atoms with Gasteiger partial charge in [0.1, 0.15) is 0 Å². The highest BCUT2D eigenvalue weighted by Gasteiger charge is 2.12. The standard InChI is InChI=1S/C11H15N5O5/c1-19-8-4-7(5-9(20-2)10(8)21-3)6-13-14-11(12)15-16(17)18/h4-6H,1-3H3,(H3,12,14,15)/b13-6+. The molecule has 0 unspecified atom stereocenters. The molecule has 10 nitrogen and oxygen atoms in total. The third kappa shape index (κ3) is 4.53. The fourth-order valence-corrected chi connectivity index (χ4v) is 1.45. The quantitative estimate of drug-likeness (QED) is 0.330. The largest absolute Gasteiger partial charge is 0.493 e. The first-order valence-corrected chi connectivity index (χ1v) is 5.59. The molecule has 1 rings (SSSR count). The van der Waals surface area contributed by atoms with Crippen molar-refractivity contribution in [1.82, 2.24) is 5.43 Å². The van der Waals surface area contributed by atoms with Crippen molar-refractivity contribution in [3.63, 3.8) is 0 Å². The first-order chi connectivity index (χ1) is 10.0. The van der Waals surface area contributed by atoms with Gasteiger partial charge in [-0.25, -0.2) is 10.1 Å². The average Bonchev–Trinajstić information content (AvgIpc) is 2.45. The topological polar surface area (TPSA) is 134 Å². The van der Waals surface area contributed by atoms with Crippen molar-refractivity contribution in [2.24, 2.45) is 15.9 Å². The maximum Gasteiger partial charge on any atom is 0.275 e. The van der Waals surface area contributed by atoms with Gasteiger partial charge in [-0.05, 0) is 12.1 Å². The molecular formula is C11H15N5O5. The Labute approximate surface area is 120 Å². The number of methoxy groups -OCH3 is 3. The van der Waals surface area contributed by atoms with Gasteiger partial charge in [0.2, 0.25) is 5.75 Å². The van der Waals surface area contributed by atoms with Crippen LogP contribution in [0.15, 0.2) is 22.3 Å². The lowest BCUT2D eigenvalue weighted by molar-refractivity contribution is -0.525. The fraction of sp³-hybridized carbons (Fsp3) is 0.273. The van der Waals surface area contributed by atoms with E-state index in [4.69, 9.17) is 19.9 Å². The molecule has 0 spiro atoms. The number of nitrogens with two attached hydrogens (primary N) is 1. The van der Waals surface area contributed by atoms with E-state index in [9.17, 15) is 10.1 Å². The molecule has 0 amide bonds. The van der Waals surface area contributed by atoms with Gasteiger partial charge in [0.15, 0.2) is 16.5 Å². The monoisotopic (exact) mass is 297 g/mol. The number of nitro groups is 1. The number of hydrazine groups is 1. The van der Waals surface area contributed by atoms with Gasteiger partial charge < -0.3 is 19.9 Å². The van der Waals surface area contributed by atoms with Crippen LogP contribution in [0.1, 0.15) is 5.56 Å². The molecule has 0 atom stereocenters. The van der Waals surface area contributed by atoms with E-state index in [1.54, 1.807) is 17.6 Å². The lowest BCUT2D eigenvalue weighted by atomic mass is 10.2. The number of ether oxygens (including phenoxy) is 3. The van der Waals surface area contributed by atoms with Crippen molar-refractivity contribution in [3.8, 4) is 17.2 Å². The van der Waals surface area contributed by atoms with Crippen molar-refractivity contribution < 1.29 is 19.2 Å². The van der Waals surface area contributed by atoms with Gasteiger partial charge in [-0.2, -0.15) is 5.10 Å². The summed E-state index contributed by atoms with van der Waals surface area (Å²) >= 11 is 0. The summed E-state index contributed by atoms with van der Waals surface area (Å²) in [5, 5.41) is 16.3. The van der Waals surface area contributed by atoms with E-state index in [-0.39, 0.29) is 0 Å². The Morgan fingerprint density at radius 1 is 1.29 bits per heavy atom. The van der Waals surface area contributed by atoms with Crippen LogP contribution in [0.2, 0.25) is 0 Å². The van der Waals surface area contributed by atoms with Crippen LogP contribution in [0.3, 0.4) is 0 Å². The predicted octanol–water partition coefficient (Wildman–Crippen LogP) is 0.142. The lowest BCUT2D eigenvalue weighted by Gasteiger charge is -2.12. The molecular weight excluding hydrogens is 282 g/mol. The number of guanidine groups is 1. The van der Waals surface area contributed by atoms with E-state index in [1.165, 1.54) is 27.5 Å². The van der Waals surface area contributed by atoms with Gasteiger partial charge in [-0.15, -0.1) is 5.10 Å². The second-order valence-electron chi connectivity index (χ2n) is 3.56. The summed E-state index contributed by atoms with van der Waals surface area (Å²) in [4.78, 5) is 10.1. The molecule has 0 heterocycles. The summed E-state index contributed by atoms with van der Waals surface area (Å²) in [5.74, 6) is 0.885. The van der Waals surface area contributed by atoms with Crippen LogP contribution in [-0.2, 0) is 0 Å². The lowest BCUT2D eigenvalue weighted by Crippen LogP contribution is -2.35. The molecule has 0 radical (unpaired) electrons. The molecule has 0 aliphatic rings. The fourth-order valence-electron chi connectivity index (χ4n) is 1.45. The summed E-state index contributed by atoms with van der Waals surface area (Å²) in [6.45, 7) is 0. The van der Waals surface area contributed by atoms with Crippen molar-refractivity contribution in [2.75, 3.05) is 21.3 Å². The van der Waals surface area contributed by atoms with Crippen LogP contribution >= 0.6 is 0 Å². The highest BCUT2D eigenvalue weighted by molar-refractivity contribution is 5.83. The first kappa shape index (κ1) is 16.0. The Bertz CT molecular complexity index is 547. The summed E-state index contributed by atoms with van der Waals surface area (Å²) < 4.78 is 15.5. The van der Waals surface area contributed by atoms with Crippen LogP contribution in [-0.4, -0.2) is 38.5 Å². The molecule has 0 saturated heterocycles. The van der Waals surface area contributed by atoms with Gasteiger partial charge in [-0.1, -0.05) is 5.43 Å². The third-order valence-electron chi connectivity index (χ3n) is 2.27. The Balaban J connectivity index is 3.01. The predicted molar refractivity (Wildman–Crippen MR) is 75.4 cm³/mol. The normalized spacial score (nSPS) is 11.3. The zero-order chi connectivity index (χ0) is 15.8. The van der Waals surface area contributed by atoms with Crippen molar-refractivity contribution in [1.29, 1.82) is 0 Å². The minimum Gasteiger partial charge on any atom is -0.493 e. The molecule has 21 heavy (non-hydrogen) atoms. The SMILES string of the molecule is COc1cc(/C=N/N=C(/N)N[N+](=O)[O-])cc(OC)c1OC. The molecule has 3 N–H and O–H groups in total. The van der Waals surface area contributed by atoms with Gasteiger partial charge in [0, 0.05) is 5.56 Å². The van der Waals surface area contributed by atoms with E-state index in [2.05, 4.69) is 10.2 Å². The summed E-state index contributed by atoms with van der Waals surface area (Å²) in [6, 6.07) is 3.27. The highest BCUT2D eigenvalue weighted by Crippen LogP contribution is 2.37. The van der Waals surface area contributed by atoms with Gasteiger partial charge >= 0.3 is 0 Å². The molecule has 0 bridgehead atoms. The van der Waals surface area contributed by atoms with Crippen LogP contribution in [0, 0.1) is 10.1 Å². The smallest absolute Gasteiger partial charge is 0.275 e. The van der Waals surface area contributed by atoms with Gasteiger partial charge in [-0.3, -0.25) is 0 Å². The zero-order valence-electron chi connectivity index (χ0n) is 11.7. The first-order valence-electron chi connectivity index (χ1n) is 5.59. The van der Waals surface area contributed by atoms with Crippen LogP contribution < -0.4 is 25.4 Å². The molecule has 114 valence electrons. The molecule has 10 heteroatoms. The number of benzene rings is 1. The summed E-state index contributed by atoms with van der Waals surface area (Å²) in [6.07, 6.45) is 1.33. The van der Waals surface area contributed by atoms with Crippen LogP contribution in [0.25, 0.3) is 0 Å². The minimum absolute atomic E-state index is 0.440. The van der Waals surface area contributed by atoms with Gasteiger partial charge in [0.05, 0.1) is 27.5 Å². The Morgan fingerprint density at radius 3 is 2.29 bits per heavy atom. The number of nitrogens with zero attached hydrogens (tertiary/aromatic N) is 3. The maximum absolute atomic E-state index is 10.1. The van der Waals surface area contributed by atoms with Gasteiger partial charge in [0.25, 0.3) is 5.96 Å². The minimum atomic E-state index is -0.839. The maximum atomic E-state index is 10.1. The van der Waals surface area contributed by atoms with E-state index >= 15 is 0 Å². The van der Waals surface area contributed by atoms with Crippen LogP contribution in [0.5, 0.6) is 17.2 Å². The number of hydrogen-bond acceptors (Lipinski definition) is 7. The second-order valence-corrected chi connectivity index (χ2v) is 3.56. The average molecular weight is 297 g/mol. The van der Waals surface area contributed by atoms with E-state index in [0.717, 1.165) is 0 Å². The van der Waals surface area contributed by atoms with Crippen molar-refractivity contribution in [2.45, 2.75) is 0 Å². The molecule has 0 saturated carbocycles. The van der Waals surface area contributed by atoms with E-state index < -0.39 is 11.0 Å². The highest BCUT2D eigenvalue weighted by atomic mass is 16.7. The Morgan fingerprint density at radius 2 is 1.86 bits per heavy atom. The molecule has 0 aliphatic heterocycles. The van der Waals surface area contributed by atoms with Crippen molar-refractivity contribution >= 4 is 12.2 Å². The van der Waals surface area contributed by atoms with Crippen molar-refractivity contribution in [3.05, 3.63) is 27.8 Å². The molecule has 0 fully saturated rings. The number of nitrogens with one attached hydrogen (secondary N) is 1. The molecule has 1 aromatic carbocycles. The second kappa shape index (κ2) is 7.53. The Kier molecular flexibility index (Phi) is 5.74. The molecule has 0 aliphatic carbocycles. The molecule has 1 aromatic rings. The third-order valence-corrected chi connectivity index (χ3v) is 2.27. The zero-order valence-corrected chi connectivity index (χ0v) is 11.7. The number of hydrogen-bond donors (Lipinski definition) is 2. The van der Waals surface area contributed by atoms with E-state index in [1.807, 2.05) is 0 Å². The number of rotatable bonds is 6. The van der Waals surface area contributed by atoms with E-state index in [0.29, 0.717) is 22.8 Å². The summed E-state index contributed by atoms with van der Waals surface area (Å²) in [5.41, 5.74) is 7.46.